The fraction of sp³-hybridized carbons (Fsp3) is 0.579. The average Bonchev–Trinajstić information content (AvgIpc) is 2.87. The van der Waals surface area contributed by atoms with Crippen molar-refractivity contribution in [1.82, 2.24) is 4.90 Å². The molecule has 1 saturated heterocycles. The number of esters is 1. The minimum atomic E-state index is -0.580. The Labute approximate surface area is 147 Å². The zero-order valence-electron chi connectivity index (χ0n) is 15.2. The fourth-order valence-corrected chi connectivity index (χ4v) is 4.92. The molecule has 25 heavy (non-hydrogen) atoms. The van der Waals surface area contributed by atoms with Gasteiger partial charge in [-0.2, -0.15) is 0 Å². The molecule has 2 fully saturated rings. The topological polar surface area (TPSA) is 76.1 Å². The summed E-state index contributed by atoms with van der Waals surface area (Å²) in [4.78, 5) is 26.5. The zero-order chi connectivity index (χ0) is 18.4. The summed E-state index contributed by atoms with van der Waals surface area (Å²) in [6, 6.07) is 4.16. The van der Waals surface area contributed by atoms with Gasteiger partial charge in [-0.3, -0.25) is 4.79 Å². The summed E-state index contributed by atoms with van der Waals surface area (Å²) < 4.78 is 10.1. The van der Waals surface area contributed by atoms with Crippen molar-refractivity contribution in [2.45, 2.75) is 20.3 Å². The molecule has 6 heteroatoms. The molecular formula is C19H25NO5. The minimum Gasteiger partial charge on any atom is -0.508 e. The van der Waals surface area contributed by atoms with Gasteiger partial charge in [-0.15, -0.1) is 0 Å². The molecule has 1 saturated carbocycles. The summed E-state index contributed by atoms with van der Waals surface area (Å²) in [7, 11) is 2.96. The summed E-state index contributed by atoms with van der Waals surface area (Å²) in [6.45, 7) is 6.39. The van der Waals surface area contributed by atoms with Gasteiger partial charge in [0.25, 0.3) is 5.91 Å². The minimum absolute atomic E-state index is 0.00984. The largest absolute Gasteiger partial charge is 0.508 e. The standard InChI is InChI=1S/C19H25NO5/c1-18(2)9-19(11-24-3)10-20(8-15(18)19)16(22)12-5-13(17(23)25-4)7-14(21)6-12/h5-7,15,21H,8-11H2,1-4H3/t15-,19-/m1/s1. The highest BCUT2D eigenvalue weighted by Crippen LogP contribution is 2.62. The highest BCUT2D eigenvalue weighted by Gasteiger charge is 2.63. The van der Waals surface area contributed by atoms with Crippen LogP contribution >= 0.6 is 0 Å². The van der Waals surface area contributed by atoms with E-state index in [0.717, 1.165) is 6.42 Å². The lowest BCUT2D eigenvalue weighted by Crippen LogP contribution is -2.55. The molecule has 1 N–H and O–H groups in total. The Balaban J connectivity index is 1.85. The molecule has 1 heterocycles. The number of fused-ring (bicyclic) bond motifs is 1. The molecule has 1 aromatic rings. The van der Waals surface area contributed by atoms with Crippen molar-refractivity contribution >= 4 is 11.9 Å². The zero-order valence-corrected chi connectivity index (χ0v) is 15.2. The number of phenolic OH excluding ortho intramolecular Hbond substituents is 1. The number of ether oxygens (including phenoxy) is 2. The van der Waals surface area contributed by atoms with Crippen molar-refractivity contribution < 1.29 is 24.2 Å². The quantitative estimate of drug-likeness (QED) is 0.846. The third-order valence-electron chi connectivity index (χ3n) is 5.70. The van der Waals surface area contributed by atoms with Crippen LogP contribution in [0.25, 0.3) is 0 Å². The van der Waals surface area contributed by atoms with Crippen molar-refractivity contribution in [3.05, 3.63) is 29.3 Å². The number of methoxy groups -OCH3 is 2. The van der Waals surface area contributed by atoms with E-state index in [4.69, 9.17) is 4.74 Å². The van der Waals surface area contributed by atoms with E-state index in [9.17, 15) is 14.7 Å². The average molecular weight is 347 g/mol. The first-order valence-corrected chi connectivity index (χ1v) is 8.43. The first-order chi connectivity index (χ1) is 11.7. The van der Waals surface area contributed by atoms with Crippen molar-refractivity contribution in [2.75, 3.05) is 33.9 Å². The van der Waals surface area contributed by atoms with Crippen LogP contribution in [-0.2, 0) is 9.47 Å². The van der Waals surface area contributed by atoms with Crippen LogP contribution in [0.3, 0.4) is 0 Å². The third-order valence-corrected chi connectivity index (χ3v) is 5.70. The monoisotopic (exact) mass is 347 g/mol. The van der Waals surface area contributed by atoms with Crippen LogP contribution in [-0.4, -0.2) is 55.8 Å². The molecule has 0 spiro atoms. The molecule has 0 unspecified atom stereocenters. The molecular weight excluding hydrogens is 322 g/mol. The fourth-order valence-electron chi connectivity index (χ4n) is 4.92. The van der Waals surface area contributed by atoms with Crippen molar-refractivity contribution in [2.24, 2.45) is 16.7 Å². The van der Waals surface area contributed by atoms with Gasteiger partial charge >= 0.3 is 5.97 Å². The smallest absolute Gasteiger partial charge is 0.338 e. The molecule has 136 valence electrons. The van der Waals surface area contributed by atoms with Crippen LogP contribution in [0, 0.1) is 16.7 Å². The van der Waals surface area contributed by atoms with Gasteiger partial charge in [-0.1, -0.05) is 13.8 Å². The molecule has 0 radical (unpaired) electrons. The number of phenols is 1. The highest BCUT2D eigenvalue weighted by atomic mass is 16.5. The van der Waals surface area contributed by atoms with Gasteiger partial charge in [-0.25, -0.2) is 4.79 Å². The first-order valence-electron chi connectivity index (χ1n) is 8.43. The van der Waals surface area contributed by atoms with Gasteiger partial charge in [0, 0.05) is 31.2 Å². The van der Waals surface area contributed by atoms with E-state index in [1.807, 2.05) is 4.90 Å². The molecule has 2 atom stereocenters. The molecule has 1 aliphatic carbocycles. The number of rotatable bonds is 4. The van der Waals surface area contributed by atoms with Crippen LogP contribution in [0.4, 0.5) is 0 Å². The molecule has 1 aromatic carbocycles. The molecule has 1 amide bonds. The van der Waals surface area contributed by atoms with E-state index in [1.54, 1.807) is 7.11 Å². The molecule has 1 aliphatic heterocycles. The highest BCUT2D eigenvalue weighted by molar-refractivity contribution is 5.98. The summed E-state index contributed by atoms with van der Waals surface area (Å²) in [5.41, 5.74) is 0.659. The number of hydrogen-bond donors (Lipinski definition) is 1. The van der Waals surface area contributed by atoms with E-state index in [-0.39, 0.29) is 28.1 Å². The number of carbonyl (C=O) groups is 2. The first kappa shape index (κ1) is 17.7. The molecule has 2 aliphatic rings. The van der Waals surface area contributed by atoms with Gasteiger partial charge in [0.15, 0.2) is 0 Å². The second kappa shape index (κ2) is 6.02. The normalized spacial score (nSPS) is 26.7. The molecule has 0 aromatic heterocycles. The summed E-state index contributed by atoms with van der Waals surface area (Å²) in [5.74, 6) is -0.494. The van der Waals surface area contributed by atoms with Gasteiger partial charge in [0.1, 0.15) is 5.75 Å². The molecule has 3 rings (SSSR count). The predicted octanol–water partition coefficient (Wildman–Crippen LogP) is 2.31. The molecule has 6 nitrogen and oxygen atoms in total. The van der Waals surface area contributed by atoms with E-state index >= 15 is 0 Å². The maximum absolute atomic E-state index is 13.0. The summed E-state index contributed by atoms with van der Waals surface area (Å²) in [5, 5.41) is 9.87. The van der Waals surface area contributed by atoms with Crippen LogP contribution in [0.2, 0.25) is 0 Å². The number of hydrogen-bond acceptors (Lipinski definition) is 5. The third kappa shape index (κ3) is 2.88. The van der Waals surface area contributed by atoms with Gasteiger partial charge in [0.05, 0.1) is 19.3 Å². The SMILES string of the molecule is COC[C@@]12CN(C(=O)c3cc(O)cc(C(=O)OC)c3)C[C@@H]1C(C)(C)C2. The Morgan fingerprint density at radius 2 is 1.92 bits per heavy atom. The van der Waals surface area contributed by atoms with Crippen molar-refractivity contribution in [3.63, 3.8) is 0 Å². The predicted molar refractivity (Wildman–Crippen MR) is 91.5 cm³/mol. The van der Waals surface area contributed by atoms with Crippen LogP contribution < -0.4 is 0 Å². The van der Waals surface area contributed by atoms with Gasteiger partial charge < -0.3 is 19.5 Å². The number of carbonyl (C=O) groups excluding carboxylic acids is 2. The second-order valence-corrected chi connectivity index (χ2v) is 7.96. The Kier molecular flexibility index (Phi) is 4.27. The Hall–Kier alpha value is -2.08. The number of likely N-dealkylation sites (tertiary alicyclic amines) is 1. The lowest BCUT2D eigenvalue weighted by Gasteiger charge is -2.56. The molecule has 0 bridgehead atoms. The Morgan fingerprint density at radius 3 is 2.52 bits per heavy atom. The van der Waals surface area contributed by atoms with Crippen molar-refractivity contribution in [3.8, 4) is 5.75 Å². The van der Waals surface area contributed by atoms with Crippen LogP contribution in [0.1, 0.15) is 41.0 Å². The second-order valence-electron chi connectivity index (χ2n) is 7.96. The van der Waals surface area contributed by atoms with E-state index in [0.29, 0.717) is 31.2 Å². The Morgan fingerprint density at radius 1 is 1.24 bits per heavy atom. The maximum Gasteiger partial charge on any atom is 0.338 e. The summed E-state index contributed by atoms with van der Waals surface area (Å²) in [6.07, 6.45) is 1.02. The lowest BCUT2D eigenvalue weighted by atomic mass is 9.48. The van der Waals surface area contributed by atoms with E-state index in [1.165, 1.54) is 25.3 Å². The lowest BCUT2D eigenvalue weighted by molar-refractivity contribution is -0.107. The maximum atomic E-state index is 13.0. The summed E-state index contributed by atoms with van der Waals surface area (Å²) >= 11 is 0. The van der Waals surface area contributed by atoms with Crippen molar-refractivity contribution in [1.29, 1.82) is 0 Å². The van der Waals surface area contributed by atoms with Crippen LogP contribution in [0.5, 0.6) is 5.75 Å². The number of aromatic hydroxyl groups is 1. The number of amides is 1. The van der Waals surface area contributed by atoms with E-state index < -0.39 is 5.97 Å². The number of benzene rings is 1. The number of nitrogens with zero attached hydrogens (tertiary/aromatic N) is 1. The van der Waals surface area contributed by atoms with E-state index in [2.05, 4.69) is 18.6 Å². The Bertz CT molecular complexity index is 714. The van der Waals surface area contributed by atoms with Gasteiger partial charge in [-0.05, 0) is 36.0 Å². The van der Waals surface area contributed by atoms with Gasteiger partial charge in [0.2, 0.25) is 0 Å². The van der Waals surface area contributed by atoms with Crippen LogP contribution in [0.15, 0.2) is 18.2 Å².